The third kappa shape index (κ3) is 7.69. The van der Waals surface area contributed by atoms with Gasteiger partial charge in [-0.1, -0.05) is 34.1 Å². The summed E-state index contributed by atoms with van der Waals surface area (Å²) in [5.41, 5.74) is 0.304. The van der Waals surface area contributed by atoms with E-state index in [1.165, 1.54) is 0 Å². The summed E-state index contributed by atoms with van der Waals surface area (Å²) in [5.74, 6) is -0.113. The number of nitrogens with one attached hydrogen (secondary N) is 1. The van der Waals surface area contributed by atoms with Crippen LogP contribution in [0, 0.1) is 5.41 Å². The Hall–Kier alpha value is -0.570. The van der Waals surface area contributed by atoms with E-state index in [1.807, 2.05) is 6.92 Å². The molecule has 0 rings (SSSR count). The number of ether oxygens (including phenoxy) is 1. The molecule has 0 spiro atoms. The molecular weight excluding hydrogens is 202 g/mol. The van der Waals surface area contributed by atoms with E-state index in [0.29, 0.717) is 12.0 Å². The topological polar surface area (TPSA) is 38.3 Å². The van der Waals surface area contributed by atoms with Gasteiger partial charge in [0.05, 0.1) is 6.61 Å². The zero-order valence-corrected chi connectivity index (χ0v) is 11.4. The molecule has 3 heteroatoms. The van der Waals surface area contributed by atoms with Gasteiger partial charge >= 0.3 is 5.97 Å². The Morgan fingerprint density at radius 1 is 1.31 bits per heavy atom. The molecule has 3 nitrogen and oxygen atoms in total. The summed E-state index contributed by atoms with van der Waals surface area (Å²) >= 11 is 0. The van der Waals surface area contributed by atoms with E-state index < -0.39 is 0 Å². The van der Waals surface area contributed by atoms with E-state index in [9.17, 15) is 4.79 Å². The summed E-state index contributed by atoms with van der Waals surface area (Å²) in [6, 6.07) is -0.132. The van der Waals surface area contributed by atoms with Crippen LogP contribution in [0.25, 0.3) is 0 Å². The largest absolute Gasteiger partial charge is 0.465 e. The summed E-state index contributed by atoms with van der Waals surface area (Å²) in [6.45, 7) is 11.9. The van der Waals surface area contributed by atoms with Crippen LogP contribution in [0.4, 0.5) is 0 Å². The molecule has 0 radical (unpaired) electrons. The summed E-state index contributed by atoms with van der Waals surface area (Å²) in [6.07, 6.45) is 2.90. The lowest BCUT2D eigenvalue weighted by Crippen LogP contribution is -2.39. The summed E-state index contributed by atoms with van der Waals surface area (Å²) < 4.78 is 5.04. The van der Waals surface area contributed by atoms with Crippen molar-refractivity contribution in [2.75, 3.05) is 13.2 Å². The molecule has 0 aromatic heterocycles. The van der Waals surface area contributed by atoms with Gasteiger partial charge in [-0.25, -0.2) is 0 Å². The first-order chi connectivity index (χ1) is 7.40. The molecule has 96 valence electrons. The second-order valence-corrected chi connectivity index (χ2v) is 5.36. The molecule has 0 aliphatic heterocycles. The van der Waals surface area contributed by atoms with Crippen molar-refractivity contribution < 1.29 is 9.53 Å². The van der Waals surface area contributed by atoms with Crippen LogP contribution in [0.2, 0.25) is 0 Å². The lowest BCUT2D eigenvalue weighted by molar-refractivity contribution is -0.145. The average Bonchev–Trinajstić information content (AvgIpc) is 2.15. The van der Waals surface area contributed by atoms with Crippen LogP contribution >= 0.6 is 0 Å². The van der Waals surface area contributed by atoms with Crippen LogP contribution in [0.5, 0.6) is 0 Å². The number of carbonyl (C=O) groups is 1. The number of hydrogen-bond acceptors (Lipinski definition) is 3. The van der Waals surface area contributed by atoms with Crippen LogP contribution in [0.1, 0.15) is 53.9 Å². The Morgan fingerprint density at radius 3 is 2.38 bits per heavy atom. The summed E-state index contributed by atoms with van der Waals surface area (Å²) in [7, 11) is 0. The van der Waals surface area contributed by atoms with E-state index in [1.54, 1.807) is 0 Å². The molecule has 1 unspecified atom stereocenters. The molecule has 1 N–H and O–H groups in total. The first-order valence-electron chi connectivity index (χ1n) is 6.30. The van der Waals surface area contributed by atoms with Gasteiger partial charge in [0.25, 0.3) is 0 Å². The smallest absolute Gasteiger partial charge is 0.323 e. The van der Waals surface area contributed by atoms with Gasteiger partial charge in [0, 0.05) is 0 Å². The highest BCUT2D eigenvalue weighted by molar-refractivity contribution is 5.75. The lowest BCUT2D eigenvalue weighted by atomic mass is 9.92. The molecule has 0 amide bonds. The van der Waals surface area contributed by atoms with Crippen molar-refractivity contribution >= 4 is 5.97 Å². The maximum absolute atomic E-state index is 11.6. The molecule has 0 bridgehead atoms. The van der Waals surface area contributed by atoms with Crippen molar-refractivity contribution in [1.29, 1.82) is 0 Å². The van der Waals surface area contributed by atoms with Gasteiger partial charge in [0.1, 0.15) is 6.04 Å². The number of hydrogen-bond donors (Lipinski definition) is 1. The fraction of sp³-hybridized carbons (Fsp3) is 0.923. The third-order valence-corrected chi connectivity index (χ3v) is 2.41. The fourth-order valence-electron chi connectivity index (χ4n) is 1.46. The van der Waals surface area contributed by atoms with Gasteiger partial charge in [-0.2, -0.15) is 0 Å². The Morgan fingerprint density at radius 2 is 1.94 bits per heavy atom. The van der Waals surface area contributed by atoms with E-state index in [0.717, 1.165) is 25.8 Å². The predicted octanol–water partition coefficient (Wildman–Crippen LogP) is 2.74. The highest BCUT2D eigenvalue weighted by atomic mass is 16.5. The van der Waals surface area contributed by atoms with E-state index in [-0.39, 0.29) is 12.0 Å². The summed E-state index contributed by atoms with van der Waals surface area (Å²) in [4.78, 5) is 11.6. The summed E-state index contributed by atoms with van der Waals surface area (Å²) in [5, 5.41) is 3.29. The maximum Gasteiger partial charge on any atom is 0.323 e. The monoisotopic (exact) mass is 229 g/mol. The van der Waals surface area contributed by atoms with Gasteiger partial charge < -0.3 is 10.1 Å². The van der Waals surface area contributed by atoms with Crippen LogP contribution < -0.4 is 5.32 Å². The normalized spacial score (nSPS) is 13.6. The molecule has 0 aliphatic rings. The molecular formula is C13H27NO2. The number of esters is 1. The standard InChI is InChI=1S/C13H27NO2/c1-6-8-11(12(15)16-7-2)14-10-9-13(3,4)5/h11,14H,6-10H2,1-5H3. The van der Waals surface area contributed by atoms with E-state index in [2.05, 4.69) is 33.0 Å². The fourth-order valence-corrected chi connectivity index (χ4v) is 1.46. The Labute approximate surface area is 99.9 Å². The van der Waals surface area contributed by atoms with Crippen LogP contribution in [0.15, 0.2) is 0 Å². The molecule has 1 atom stereocenters. The minimum atomic E-state index is -0.132. The number of rotatable bonds is 7. The molecule has 0 saturated heterocycles. The Balaban J connectivity index is 3.98. The van der Waals surface area contributed by atoms with Crippen LogP contribution in [0.3, 0.4) is 0 Å². The van der Waals surface area contributed by atoms with Crippen LogP contribution in [-0.4, -0.2) is 25.2 Å². The molecule has 0 aliphatic carbocycles. The molecule has 0 aromatic rings. The van der Waals surface area contributed by atoms with Crippen molar-refractivity contribution in [2.45, 2.75) is 59.9 Å². The van der Waals surface area contributed by atoms with Crippen LogP contribution in [-0.2, 0) is 9.53 Å². The number of carbonyl (C=O) groups excluding carboxylic acids is 1. The van der Waals surface area contributed by atoms with Gasteiger partial charge in [0.2, 0.25) is 0 Å². The van der Waals surface area contributed by atoms with Gasteiger partial charge in [-0.15, -0.1) is 0 Å². The molecule has 0 saturated carbocycles. The van der Waals surface area contributed by atoms with E-state index >= 15 is 0 Å². The van der Waals surface area contributed by atoms with Gasteiger partial charge in [0.15, 0.2) is 0 Å². The molecule has 0 aromatic carbocycles. The maximum atomic E-state index is 11.6. The average molecular weight is 229 g/mol. The highest BCUT2D eigenvalue weighted by Gasteiger charge is 2.19. The first-order valence-corrected chi connectivity index (χ1v) is 6.30. The molecule has 0 fully saturated rings. The van der Waals surface area contributed by atoms with Gasteiger partial charge in [-0.3, -0.25) is 4.79 Å². The van der Waals surface area contributed by atoms with Crippen molar-refractivity contribution in [3.05, 3.63) is 0 Å². The van der Waals surface area contributed by atoms with Crippen molar-refractivity contribution in [2.24, 2.45) is 5.41 Å². The highest BCUT2D eigenvalue weighted by Crippen LogP contribution is 2.17. The SMILES string of the molecule is CCCC(NCCC(C)(C)C)C(=O)OCC. The second-order valence-electron chi connectivity index (χ2n) is 5.36. The zero-order chi connectivity index (χ0) is 12.6. The quantitative estimate of drug-likeness (QED) is 0.682. The van der Waals surface area contributed by atoms with Crippen molar-refractivity contribution in [1.82, 2.24) is 5.32 Å². The Kier molecular flexibility index (Phi) is 7.39. The van der Waals surface area contributed by atoms with Gasteiger partial charge in [-0.05, 0) is 31.7 Å². The van der Waals surface area contributed by atoms with E-state index in [4.69, 9.17) is 4.74 Å². The minimum absolute atomic E-state index is 0.113. The predicted molar refractivity (Wildman–Crippen MR) is 67.4 cm³/mol. The van der Waals surface area contributed by atoms with Crippen molar-refractivity contribution in [3.8, 4) is 0 Å². The Bertz CT molecular complexity index is 197. The second kappa shape index (κ2) is 7.66. The minimum Gasteiger partial charge on any atom is -0.465 e. The third-order valence-electron chi connectivity index (χ3n) is 2.41. The molecule has 16 heavy (non-hydrogen) atoms. The lowest BCUT2D eigenvalue weighted by Gasteiger charge is -2.21. The molecule has 0 heterocycles. The van der Waals surface area contributed by atoms with Crippen molar-refractivity contribution in [3.63, 3.8) is 0 Å². The zero-order valence-electron chi connectivity index (χ0n) is 11.4. The first kappa shape index (κ1) is 15.4.